The molecule has 15 heavy (non-hydrogen) atoms. The highest BCUT2D eigenvalue weighted by Crippen LogP contribution is 2.23. The van der Waals surface area contributed by atoms with Crippen molar-refractivity contribution in [3.63, 3.8) is 0 Å². The monoisotopic (exact) mass is 226 g/mol. The van der Waals surface area contributed by atoms with Crippen molar-refractivity contribution < 1.29 is 5.11 Å². The molecule has 0 bridgehead atoms. The summed E-state index contributed by atoms with van der Waals surface area (Å²) in [6.07, 6.45) is 5.04. The van der Waals surface area contributed by atoms with Gasteiger partial charge in [-0.3, -0.25) is 0 Å². The van der Waals surface area contributed by atoms with Gasteiger partial charge in [-0.25, -0.2) is 4.98 Å². The number of anilines is 1. The first-order valence-corrected chi connectivity index (χ1v) is 6.43. The Bertz CT molecular complexity index is 317. The number of aliphatic hydroxyl groups excluding tert-OH is 1. The number of thioether (sulfide) groups is 1. The molecule has 0 saturated carbocycles. The first-order chi connectivity index (χ1) is 7.15. The van der Waals surface area contributed by atoms with E-state index >= 15 is 0 Å². The van der Waals surface area contributed by atoms with E-state index in [1.54, 1.807) is 18.0 Å². The van der Waals surface area contributed by atoms with Crippen LogP contribution in [0.1, 0.15) is 30.1 Å². The summed E-state index contributed by atoms with van der Waals surface area (Å²) in [5, 5.41) is 9.92. The number of aliphatic hydroxyl groups is 1. The van der Waals surface area contributed by atoms with Crippen molar-refractivity contribution in [2.45, 2.75) is 25.9 Å². The van der Waals surface area contributed by atoms with Gasteiger partial charge in [-0.1, -0.05) is 0 Å². The second kappa shape index (κ2) is 5.98. The van der Waals surface area contributed by atoms with Crippen molar-refractivity contribution >= 4 is 17.6 Å². The summed E-state index contributed by atoms with van der Waals surface area (Å²) in [6, 6.07) is 1.91. The predicted molar refractivity (Wildman–Crippen MR) is 66.0 cm³/mol. The molecule has 1 rings (SSSR count). The van der Waals surface area contributed by atoms with Crippen LogP contribution < -0.4 is 5.73 Å². The zero-order valence-corrected chi connectivity index (χ0v) is 10.0. The fourth-order valence-corrected chi connectivity index (χ4v) is 1.90. The number of nitrogens with zero attached hydrogens (tertiary/aromatic N) is 1. The van der Waals surface area contributed by atoms with E-state index in [0.29, 0.717) is 5.82 Å². The number of nitrogens with two attached hydrogens (primary N) is 1. The van der Waals surface area contributed by atoms with Crippen LogP contribution in [0.3, 0.4) is 0 Å². The molecule has 84 valence electrons. The summed E-state index contributed by atoms with van der Waals surface area (Å²) >= 11 is 1.79. The lowest BCUT2D eigenvalue weighted by Gasteiger charge is -2.12. The predicted octanol–water partition coefficient (Wildman–Crippen LogP) is 2.15. The minimum atomic E-state index is -0.482. The zero-order chi connectivity index (χ0) is 11.3. The summed E-state index contributed by atoms with van der Waals surface area (Å²) in [6.45, 7) is 1.95. The van der Waals surface area contributed by atoms with Crippen LogP contribution in [0.25, 0.3) is 0 Å². The molecule has 1 unspecified atom stereocenters. The molecule has 0 radical (unpaired) electrons. The van der Waals surface area contributed by atoms with Crippen LogP contribution in [0, 0.1) is 6.92 Å². The van der Waals surface area contributed by atoms with Crippen LogP contribution >= 0.6 is 11.8 Å². The van der Waals surface area contributed by atoms with Gasteiger partial charge < -0.3 is 10.8 Å². The number of rotatable bonds is 5. The lowest BCUT2D eigenvalue weighted by Crippen LogP contribution is -2.05. The smallest absolute Gasteiger partial charge is 0.129 e. The molecule has 4 heteroatoms. The first-order valence-electron chi connectivity index (χ1n) is 5.04. The van der Waals surface area contributed by atoms with Crippen molar-refractivity contribution in [2.24, 2.45) is 0 Å². The van der Waals surface area contributed by atoms with Gasteiger partial charge in [0.15, 0.2) is 0 Å². The van der Waals surface area contributed by atoms with Crippen molar-refractivity contribution in [1.29, 1.82) is 0 Å². The summed E-state index contributed by atoms with van der Waals surface area (Å²) < 4.78 is 0. The molecule has 0 aliphatic rings. The molecule has 0 saturated heterocycles. The average molecular weight is 226 g/mol. The molecular formula is C11H18N2OS. The van der Waals surface area contributed by atoms with Gasteiger partial charge in [0.1, 0.15) is 5.82 Å². The highest BCUT2D eigenvalue weighted by molar-refractivity contribution is 7.98. The molecule has 3 nitrogen and oxygen atoms in total. The Labute approximate surface area is 95.1 Å². The van der Waals surface area contributed by atoms with Crippen LogP contribution in [-0.2, 0) is 0 Å². The van der Waals surface area contributed by atoms with Crippen LogP contribution in [0.2, 0.25) is 0 Å². The molecular weight excluding hydrogens is 208 g/mol. The van der Waals surface area contributed by atoms with E-state index in [9.17, 15) is 5.11 Å². The molecule has 0 aliphatic carbocycles. The van der Waals surface area contributed by atoms with Gasteiger partial charge in [-0.2, -0.15) is 11.8 Å². The van der Waals surface area contributed by atoms with Crippen LogP contribution in [0.5, 0.6) is 0 Å². The Balaban J connectivity index is 2.64. The standard InChI is InChI=1S/C11H18N2OS/c1-8-6-9(11(12)13-7-8)10(14)4-3-5-15-2/h6-7,10,14H,3-5H2,1-2H3,(H2,12,13). The quantitative estimate of drug-likeness (QED) is 0.755. The zero-order valence-electron chi connectivity index (χ0n) is 9.23. The third-order valence-corrected chi connectivity index (χ3v) is 2.97. The number of aromatic nitrogens is 1. The topological polar surface area (TPSA) is 59.1 Å². The lowest BCUT2D eigenvalue weighted by atomic mass is 10.0. The SMILES string of the molecule is CSCCCC(O)c1cc(C)cnc1N. The molecule has 0 amide bonds. The van der Waals surface area contributed by atoms with E-state index in [2.05, 4.69) is 11.2 Å². The fraction of sp³-hybridized carbons (Fsp3) is 0.545. The normalized spacial score (nSPS) is 12.7. The van der Waals surface area contributed by atoms with Gasteiger partial charge in [-0.15, -0.1) is 0 Å². The molecule has 1 heterocycles. The van der Waals surface area contributed by atoms with E-state index in [-0.39, 0.29) is 0 Å². The van der Waals surface area contributed by atoms with E-state index < -0.39 is 6.10 Å². The largest absolute Gasteiger partial charge is 0.388 e. The van der Waals surface area contributed by atoms with Gasteiger partial charge in [0.05, 0.1) is 6.10 Å². The number of aryl methyl sites for hydroxylation is 1. The second-order valence-electron chi connectivity index (χ2n) is 3.64. The van der Waals surface area contributed by atoms with Crippen molar-refractivity contribution in [3.8, 4) is 0 Å². The highest BCUT2D eigenvalue weighted by Gasteiger charge is 2.11. The molecule has 0 spiro atoms. The van der Waals surface area contributed by atoms with Crippen LogP contribution in [0.4, 0.5) is 5.82 Å². The molecule has 0 aliphatic heterocycles. The van der Waals surface area contributed by atoms with Crippen molar-refractivity contribution in [3.05, 3.63) is 23.4 Å². The summed E-state index contributed by atoms with van der Waals surface area (Å²) in [7, 11) is 0. The van der Waals surface area contributed by atoms with E-state index in [4.69, 9.17) is 5.73 Å². The molecule has 3 N–H and O–H groups in total. The minimum Gasteiger partial charge on any atom is -0.388 e. The Kier molecular flexibility index (Phi) is 4.91. The third-order valence-electron chi connectivity index (χ3n) is 2.27. The van der Waals surface area contributed by atoms with E-state index in [1.165, 1.54) is 0 Å². The maximum absolute atomic E-state index is 9.92. The number of hydrogen-bond acceptors (Lipinski definition) is 4. The number of pyridine rings is 1. The first kappa shape index (κ1) is 12.3. The minimum absolute atomic E-state index is 0.442. The molecule has 0 fully saturated rings. The van der Waals surface area contributed by atoms with Gasteiger partial charge >= 0.3 is 0 Å². The summed E-state index contributed by atoms with van der Waals surface area (Å²) in [4.78, 5) is 4.04. The molecule has 0 aromatic carbocycles. The van der Waals surface area contributed by atoms with Crippen LogP contribution in [-0.4, -0.2) is 22.1 Å². The molecule has 1 aromatic heterocycles. The number of hydrogen-bond donors (Lipinski definition) is 2. The Morgan fingerprint density at radius 2 is 2.33 bits per heavy atom. The van der Waals surface area contributed by atoms with Gasteiger partial charge in [-0.05, 0) is 43.4 Å². The highest BCUT2D eigenvalue weighted by atomic mass is 32.2. The molecule has 1 atom stereocenters. The van der Waals surface area contributed by atoms with Crippen molar-refractivity contribution in [2.75, 3.05) is 17.7 Å². The summed E-state index contributed by atoms with van der Waals surface area (Å²) in [5.41, 5.74) is 7.51. The number of nitrogen functional groups attached to an aromatic ring is 1. The maximum atomic E-state index is 9.92. The summed E-state index contributed by atoms with van der Waals surface area (Å²) in [5.74, 6) is 1.51. The van der Waals surface area contributed by atoms with Gasteiger partial charge in [0.2, 0.25) is 0 Å². The molecule has 1 aromatic rings. The van der Waals surface area contributed by atoms with Gasteiger partial charge in [0, 0.05) is 11.8 Å². The average Bonchev–Trinajstić information content (AvgIpc) is 2.22. The van der Waals surface area contributed by atoms with Crippen LogP contribution in [0.15, 0.2) is 12.3 Å². The Morgan fingerprint density at radius 3 is 3.00 bits per heavy atom. The second-order valence-corrected chi connectivity index (χ2v) is 4.62. The third kappa shape index (κ3) is 3.72. The maximum Gasteiger partial charge on any atom is 0.129 e. The van der Waals surface area contributed by atoms with E-state index in [0.717, 1.165) is 29.7 Å². The van der Waals surface area contributed by atoms with E-state index in [1.807, 2.05) is 13.0 Å². The Hall–Kier alpha value is -0.740. The Morgan fingerprint density at radius 1 is 1.60 bits per heavy atom. The van der Waals surface area contributed by atoms with Gasteiger partial charge in [0.25, 0.3) is 0 Å². The van der Waals surface area contributed by atoms with Crippen molar-refractivity contribution in [1.82, 2.24) is 4.98 Å². The lowest BCUT2D eigenvalue weighted by molar-refractivity contribution is 0.167. The fourth-order valence-electron chi connectivity index (χ4n) is 1.45.